The van der Waals surface area contributed by atoms with Gasteiger partial charge in [-0.25, -0.2) is 4.79 Å². The van der Waals surface area contributed by atoms with Crippen molar-refractivity contribution >= 4 is 17.6 Å². The van der Waals surface area contributed by atoms with Crippen molar-refractivity contribution in [1.29, 1.82) is 0 Å². The van der Waals surface area contributed by atoms with Crippen LogP contribution in [-0.4, -0.2) is 18.5 Å². The number of carbonyl (C=O) groups is 2. The summed E-state index contributed by atoms with van der Waals surface area (Å²) in [7, 11) is 0. The Morgan fingerprint density at radius 1 is 1.31 bits per heavy atom. The highest BCUT2D eigenvalue weighted by atomic mass is 16.2. The summed E-state index contributed by atoms with van der Waals surface area (Å²) in [5.74, 6) is -0.202. The summed E-state index contributed by atoms with van der Waals surface area (Å²) in [6.45, 7) is 4.39. The Morgan fingerprint density at radius 3 is 2.75 bits per heavy atom. The maximum atomic E-state index is 11.7. The average molecular weight is 220 g/mol. The highest BCUT2D eigenvalue weighted by molar-refractivity contribution is 6.05. The lowest BCUT2D eigenvalue weighted by Crippen LogP contribution is -2.49. The summed E-state index contributed by atoms with van der Waals surface area (Å²) in [6.07, 6.45) is 0.360. The molecule has 0 atom stereocenters. The molecule has 86 valence electrons. The molecule has 0 aromatic heterocycles. The topological polar surface area (TPSA) is 49.4 Å². The van der Waals surface area contributed by atoms with Gasteiger partial charge < -0.3 is 0 Å². The van der Waals surface area contributed by atoms with Crippen LogP contribution in [0.1, 0.15) is 19.0 Å². The molecule has 1 N–H and O–H groups in total. The molecule has 1 aliphatic heterocycles. The molecule has 16 heavy (non-hydrogen) atoms. The van der Waals surface area contributed by atoms with Crippen molar-refractivity contribution in [2.75, 3.05) is 11.4 Å². The van der Waals surface area contributed by atoms with E-state index in [4.69, 9.17) is 0 Å². The van der Waals surface area contributed by atoms with Crippen LogP contribution in [0.15, 0.2) is 18.2 Å². The Bertz CT molecular complexity index is 460. The molecule has 1 aromatic rings. The number of benzene rings is 1. The molecule has 4 nitrogen and oxygen atoms in total. The van der Waals surface area contributed by atoms with Crippen LogP contribution in [0.3, 0.4) is 0 Å². The first kappa shape index (κ1) is 10.7. The van der Waals surface area contributed by atoms with E-state index in [1.807, 2.05) is 32.0 Å². The van der Waals surface area contributed by atoms with Gasteiger partial charge in [0.05, 0.1) is 0 Å². The van der Waals surface area contributed by atoms with Gasteiger partial charge in [-0.15, -0.1) is 0 Å². The highest BCUT2D eigenvalue weighted by Crippen LogP contribution is 2.23. The zero-order valence-electron chi connectivity index (χ0n) is 9.41. The van der Waals surface area contributed by atoms with Crippen LogP contribution in [0, 0.1) is 13.8 Å². The molecule has 0 unspecified atom stereocenters. The second-order valence-electron chi connectivity index (χ2n) is 4.04. The van der Waals surface area contributed by atoms with Gasteiger partial charge in [0.25, 0.3) is 0 Å². The first-order chi connectivity index (χ1) is 7.58. The maximum absolute atomic E-state index is 11.7. The lowest BCUT2D eigenvalue weighted by molar-refractivity contribution is -0.120. The first-order valence-electron chi connectivity index (χ1n) is 5.26. The van der Waals surface area contributed by atoms with Crippen LogP contribution in [0.4, 0.5) is 10.5 Å². The lowest BCUT2D eigenvalue weighted by Gasteiger charge is -2.28. The molecule has 0 bridgehead atoms. The van der Waals surface area contributed by atoms with Gasteiger partial charge in [0.15, 0.2) is 0 Å². The fourth-order valence-corrected chi connectivity index (χ4v) is 1.80. The van der Waals surface area contributed by atoms with Crippen molar-refractivity contribution in [1.82, 2.24) is 5.32 Å². The number of urea groups is 1. The number of anilines is 1. The summed E-state index contributed by atoms with van der Waals surface area (Å²) in [6, 6.07) is 5.62. The summed E-state index contributed by atoms with van der Waals surface area (Å²) in [5.41, 5.74) is 3.02. The zero-order chi connectivity index (χ0) is 11.7. The first-order valence-corrected chi connectivity index (χ1v) is 5.26. The quantitative estimate of drug-likeness (QED) is 0.786. The molecule has 1 aromatic carbocycles. The second kappa shape index (κ2) is 3.96. The third-order valence-electron chi connectivity index (χ3n) is 2.71. The highest BCUT2D eigenvalue weighted by Gasteiger charge is 2.24. The van der Waals surface area contributed by atoms with E-state index >= 15 is 0 Å². The molecule has 1 saturated heterocycles. The van der Waals surface area contributed by atoms with Crippen LogP contribution in [0.2, 0.25) is 0 Å². The lowest BCUT2D eigenvalue weighted by atomic mass is 10.1. The number of amides is 3. The van der Waals surface area contributed by atoms with Gasteiger partial charge in [-0.2, -0.15) is 0 Å². The van der Waals surface area contributed by atoms with E-state index in [1.54, 1.807) is 4.90 Å². The Hall–Kier alpha value is -1.84. The van der Waals surface area contributed by atoms with E-state index in [0.29, 0.717) is 13.0 Å². The summed E-state index contributed by atoms with van der Waals surface area (Å²) in [4.78, 5) is 24.3. The molecule has 4 heteroatoms. The van der Waals surface area contributed by atoms with Gasteiger partial charge in [-0.3, -0.25) is 15.0 Å². The zero-order valence-corrected chi connectivity index (χ0v) is 9.41. The summed E-state index contributed by atoms with van der Waals surface area (Å²) < 4.78 is 0. The van der Waals surface area contributed by atoms with Crippen molar-refractivity contribution in [2.45, 2.75) is 20.3 Å². The molecular weight excluding hydrogens is 204 g/mol. The molecule has 1 heterocycles. The van der Waals surface area contributed by atoms with E-state index in [-0.39, 0.29) is 13.4 Å². The molecule has 0 spiro atoms. The minimum absolute atomic E-state index is 0. The van der Waals surface area contributed by atoms with Crippen LogP contribution in [0.5, 0.6) is 0 Å². The minimum Gasteiger partial charge on any atom is -0.293 e. The molecular formula is C12H16N2O2. The smallest absolute Gasteiger partial charge is 0.293 e. The molecule has 0 aliphatic carbocycles. The monoisotopic (exact) mass is 220 g/mol. The van der Waals surface area contributed by atoms with Gasteiger partial charge in [-0.1, -0.05) is 12.1 Å². The molecule has 0 radical (unpaired) electrons. The number of imide groups is 1. The summed E-state index contributed by atoms with van der Waals surface area (Å²) >= 11 is 0. The standard InChI is InChI=1S/C12H14N2O2.H2/c1-8-3-4-9(2)10(7-8)14-6-5-11(15)13-12(14)16;/h3-4,7H,5-6H2,1-2H3,(H,13,15,16);1H. The van der Waals surface area contributed by atoms with Crippen molar-refractivity contribution in [3.63, 3.8) is 0 Å². The number of rotatable bonds is 1. The number of nitrogens with zero attached hydrogens (tertiary/aromatic N) is 1. The molecule has 2 rings (SSSR count). The SMILES string of the molecule is Cc1ccc(C)c(N2CCC(=O)NC2=O)c1.[HH]. The van der Waals surface area contributed by atoms with E-state index in [2.05, 4.69) is 5.32 Å². The van der Waals surface area contributed by atoms with Crippen LogP contribution < -0.4 is 10.2 Å². The molecule has 1 fully saturated rings. The van der Waals surface area contributed by atoms with E-state index in [1.165, 1.54) is 0 Å². The number of carbonyl (C=O) groups excluding carboxylic acids is 2. The van der Waals surface area contributed by atoms with E-state index < -0.39 is 0 Å². The van der Waals surface area contributed by atoms with Gasteiger partial charge in [0.2, 0.25) is 5.91 Å². The van der Waals surface area contributed by atoms with Crippen LogP contribution in [0.25, 0.3) is 0 Å². The molecule has 3 amide bonds. The van der Waals surface area contributed by atoms with Crippen LogP contribution >= 0.6 is 0 Å². The van der Waals surface area contributed by atoms with Crippen LogP contribution in [-0.2, 0) is 4.79 Å². The van der Waals surface area contributed by atoms with Gasteiger partial charge in [0, 0.05) is 20.1 Å². The third-order valence-corrected chi connectivity index (χ3v) is 2.71. The van der Waals surface area contributed by atoms with Gasteiger partial charge in [0.1, 0.15) is 0 Å². The Balaban J connectivity index is 0.00000144. The van der Waals surface area contributed by atoms with Gasteiger partial charge >= 0.3 is 6.03 Å². The number of hydrogen-bond acceptors (Lipinski definition) is 2. The Kier molecular flexibility index (Phi) is 2.64. The normalized spacial score (nSPS) is 16.2. The fourth-order valence-electron chi connectivity index (χ4n) is 1.80. The molecule has 1 aliphatic rings. The predicted octanol–water partition coefficient (Wildman–Crippen LogP) is 2.00. The number of nitrogens with one attached hydrogen (secondary N) is 1. The van der Waals surface area contributed by atoms with Crippen molar-refractivity contribution in [3.8, 4) is 0 Å². The summed E-state index contributed by atoms with van der Waals surface area (Å²) in [5, 5.41) is 2.32. The van der Waals surface area contributed by atoms with E-state index in [9.17, 15) is 9.59 Å². The average Bonchev–Trinajstić information content (AvgIpc) is 2.22. The Labute approximate surface area is 95.7 Å². The third kappa shape index (κ3) is 1.91. The number of hydrogen-bond donors (Lipinski definition) is 1. The minimum atomic E-state index is -0.329. The second-order valence-corrected chi connectivity index (χ2v) is 4.04. The van der Waals surface area contributed by atoms with Gasteiger partial charge in [-0.05, 0) is 31.0 Å². The molecule has 0 saturated carbocycles. The fraction of sp³-hybridized carbons (Fsp3) is 0.333. The number of aryl methyl sites for hydroxylation is 2. The largest absolute Gasteiger partial charge is 0.328 e. The Morgan fingerprint density at radius 2 is 2.06 bits per heavy atom. The van der Waals surface area contributed by atoms with Crippen molar-refractivity contribution in [2.24, 2.45) is 0 Å². The maximum Gasteiger partial charge on any atom is 0.328 e. The van der Waals surface area contributed by atoms with Crippen molar-refractivity contribution in [3.05, 3.63) is 29.3 Å². The van der Waals surface area contributed by atoms with E-state index in [0.717, 1.165) is 16.8 Å². The van der Waals surface area contributed by atoms with Crippen molar-refractivity contribution < 1.29 is 11.0 Å². The predicted molar refractivity (Wildman–Crippen MR) is 63.5 cm³/mol.